The molecule has 1 radical (unpaired) electrons. The van der Waals surface area contributed by atoms with E-state index >= 15 is 0 Å². The van der Waals surface area contributed by atoms with Crippen LogP contribution in [0, 0.1) is 0 Å². The molecule has 8 aromatic rings. The standard InChI is InChI=1S/C44H34BN4O2/c1-7-19-35(20-8-1)43(36-21-9-2-10-22-36,37-23-11-3-12-24-37)41-31-46-48(33-41)50-45-51-49-34-42(32-47-49)44(38-25-13-4-14-26-38,39-27-15-5-16-28-39)40-29-17-6-18-30-40/h1-34H. The minimum absolute atomic E-state index is 0.640. The molecule has 0 aliphatic heterocycles. The van der Waals surface area contributed by atoms with Crippen molar-refractivity contribution in [2.45, 2.75) is 10.8 Å². The summed E-state index contributed by atoms with van der Waals surface area (Å²) in [7, 11) is 1.23. The second kappa shape index (κ2) is 14.1. The Morgan fingerprint density at radius 2 is 0.569 bits per heavy atom. The van der Waals surface area contributed by atoms with Crippen LogP contribution in [0.25, 0.3) is 0 Å². The molecule has 0 bridgehead atoms. The van der Waals surface area contributed by atoms with Crippen molar-refractivity contribution in [1.29, 1.82) is 0 Å². The summed E-state index contributed by atoms with van der Waals surface area (Å²) in [6, 6.07) is 62.9. The average Bonchev–Trinajstić information content (AvgIpc) is 3.89. The molecule has 0 unspecified atom stereocenters. The molecule has 0 saturated carbocycles. The van der Waals surface area contributed by atoms with E-state index < -0.39 is 10.8 Å². The Morgan fingerprint density at radius 1 is 0.333 bits per heavy atom. The zero-order valence-corrected chi connectivity index (χ0v) is 27.8. The molecular weight excluding hydrogens is 627 g/mol. The molecule has 6 aromatic carbocycles. The molecule has 0 atom stereocenters. The summed E-state index contributed by atoms with van der Waals surface area (Å²) in [5.41, 5.74) is 7.30. The predicted molar refractivity (Wildman–Crippen MR) is 200 cm³/mol. The quantitative estimate of drug-likeness (QED) is 0.0986. The fourth-order valence-corrected chi connectivity index (χ4v) is 7.35. The van der Waals surface area contributed by atoms with Crippen molar-refractivity contribution >= 4 is 7.69 Å². The van der Waals surface area contributed by atoms with E-state index in [-0.39, 0.29) is 0 Å². The molecule has 6 nitrogen and oxygen atoms in total. The Bertz CT molecular complexity index is 1920. The summed E-state index contributed by atoms with van der Waals surface area (Å²) in [5, 5.41) is 9.21. The largest absolute Gasteiger partial charge is 0.704 e. The van der Waals surface area contributed by atoms with Gasteiger partial charge in [-0.05, 0) is 33.4 Å². The van der Waals surface area contributed by atoms with E-state index in [0.717, 1.165) is 44.5 Å². The van der Waals surface area contributed by atoms with Gasteiger partial charge in [-0.2, -0.15) is 0 Å². The molecule has 0 N–H and O–H groups in total. The molecule has 0 aliphatic rings. The molecule has 0 amide bonds. The van der Waals surface area contributed by atoms with Crippen LogP contribution in [0.2, 0.25) is 0 Å². The van der Waals surface area contributed by atoms with Crippen LogP contribution < -0.4 is 9.51 Å². The van der Waals surface area contributed by atoms with Gasteiger partial charge in [-0.15, -0.1) is 19.9 Å². The zero-order valence-electron chi connectivity index (χ0n) is 27.8. The van der Waals surface area contributed by atoms with Crippen LogP contribution in [0.3, 0.4) is 0 Å². The van der Waals surface area contributed by atoms with E-state index in [1.807, 2.05) is 61.2 Å². The maximum Gasteiger partial charge on any atom is 0.704 e. The topological polar surface area (TPSA) is 54.1 Å². The molecule has 2 aromatic heterocycles. The van der Waals surface area contributed by atoms with Crippen LogP contribution in [0.15, 0.2) is 207 Å². The number of rotatable bonds is 12. The lowest BCUT2D eigenvalue weighted by Crippen LogP contribution is -2.31. The minimum atomic E-state index is -0.640. The number of hydrogen-bond acceptors (Lipinski definition) is 4. The number of benzene rings is 6. The highest BCUT2D eigenvalue weighted by atomic mass is 16.8. The molecule has 0 saturated heterocycles. The first-order valence-corrected chi connectivity index (χ1v) is 16.9. The van der Waals surface area contributed by atoms with Gasteiger partial charge in [0.15, 0.2) is 0 Å². The summed E-state index contributed by atoms with van der Waals surface area (Å²) >= 11 is 0. The SMILES string of the molecule is [B](On1cc(C(c2ccccc2)(c2ccccc2)c2ccccc2)cn1)On1cc(C(c2ccccc2)(c2ccccc2)c2ccccc2)cn1. The Kier molecular flexibility index (Phi) is 8.75. The molecule has 0 spiro atoms. The molecule has 245 valence electrons. The summed E-state index contributed by atoms with van der Waals surface area (Å²) in [5.74, 6) is 0. The van der Waals surface area contributed by atoms with Gasteiger partial charge < -0.3 is 9.51 Å². The van der Waals surface area contributed by atoms with Gasteiger partial charge in [0, 0.05) is 11.1 Å². The number of nitrogens with zero attached hydrogens (tertiary/aromatic N) is 4. The smallest absolute Gasteiger partial charge is 0.419 e. The van der Waals surface area contributed by atoms with E-state index in [9.17, 15) is 0 Å². The summed E-state index contributed by atoms with van der Waals surface area (Å²) in [4.78, 5) is 2.82. The monoisotopic (exact) mass is 661 g/mol. The minimum Gasteiger partial charge on any atom is -0.419 e. The van der Waals surface area contributed by atoms with Crippen molar-refractivity contribution in [3.63, 3.8) is 0 Å². The first kappa shape index (κ1) is 31.7. The fourth-order valence-electron chi connectivity index (χ4n) is 7.35. The number of aromatic nitrogens is 4. The molecule has 8 rings (SSSR count). The molecule has 0 aliphatic carbocycles. The summed E-state index contributed by atoms with van der Waals surface area (Å²) in [6.45, 7) is 0. The van der Waals surface area contributed by atoms with Gasteiger partial charge in [-0.25, -0.2) is 0 Å². The van der Waals surface area contributed by atoms with Crippen LogP contribution in [0.1, 0.15) is 44.5 Å². The van der Waals surface area contributed by atoms with Crippen molar-refractivity contribution in [1.82, 2.24) is 19.9 Å². The van der Waals surface area contributed by atoms with Crippen LogP contribution in [-0.2, 0) is 10.8 Å². The van der Waals surface area contributed by atoms with Crippen molar-refractivity contribution in [3.8, 4) is 0 Å². The van der Waals surface area contributed by atoms with Gasteiger partial charge in [-0.1, -0.05) is 182 Å². The Morgan fingerprint density at radius 3 is 0.804 bits per heavy atom. The van der Waals surface area contributed by atoms with Gasteiger partial charge >= 0.3 is 7.69 Å². The normalized spacial score (nSPS) is 11.5. The highest BCUT2D eigenvalue weighted by Crippen LogP contribution is 2.46. The van der Waals surface area contributed by atoms with Crippen LogP contribution in [0.5, 0.6) is 0 Å². The van der Waals surface area contributed by atoms with Crippen molar-refractivity contribution in [3.05, 3.63) is 251 Å². The second-order valence-corrected chi connectivity index (χ2v) is 12.3. The molecule has 0 fully saturated rings. The molecule has 51 heavy (non-hydrogen) atoms. The van der Waals surface area contributed by atoms with E-state index in [2.05, 4.69) is 156 Å². The first-order valence-electron chi connectivity index (χ1n) is 16.9. The third kappa shape index (κ3) is 5.79. The zero-order chi connectivity index (χ0) is 34.4. The second-order valence-electron chi connectivity index (χ2n) is 12.3. The van der Waals surface area contributed by atoms with Gasteiger partial charge in [0.1, 0.15) is 0 Å². The van der Waals surface area contributed by atoms with Crippen molar-refractivity contribution in [2.75, 3.05) is 0 Å². The summed E-state index contributed by atoms with van der Waals surface area (Å²) < 4.78 is 11.9. The summed E-state index contributed by atoms with van der Waals surface area (Å²) in [6.07, 6.45) is 7.49. The van der Waals surface area contributed by atoms with Gasteiger partial charge in [0.25, 0.3) is 0 Å². The third-order valence-corrected chi connectivity index (χ3v) is 9.53. The lowest BCUT2D eigenvalue weighted by molar-refractivity contribution is 0.150. The maximum atomic E-state index is 5.94. The van der Waals surface area contributed by atoms with Gasteiger partial charge in [0.05, 0.1) is 35.6 Å². The van der Waals surface area contributed by atoms with Crippen LogP contribution in [0.4, 0.5) is 0 Å². The van der Waals surface area contributed by atoms with E-state index in [1.54, 1.807) is 0 Å². The van der Waals surface area contributed by atoms with Gasteiger partial charge in [-0.3, -0.25) is 0 Å². The van der Waals surface area contributed by atoms with Crippen LogP contribution >= 0.6 is 0 Å². The average molecular weight is 662 g/mol. The third-order valence-electron chi connectivity index (χ3n) is 9.53. The lowest BCUT2D eigenvalue weighted by Gasteiger charge is -2.35. The predicted octanol–water partition coefficient (Wildman–Crippen LogP) is 7.94. The van der Waals surface area contributed by atoms with E-state index in [4.69, 9.17) is 9.51 Å². The Hall–Kier alpha value is -6.60. The lowest BCUT2D eigenvalue weighted by atomic mass is 9.66. The van der Waals surface area contributed by atoms with Crippen molar-refractivity contribution < 1.29 is 9.51 Å². The van der Waals surface area contributed by atoms with Crippen LogP contribution in [-0.4, -0.2) is 27.6 Å². The maximum absolute atomic E-state index is 5.94. The first-order chi connectivity index (χ1) is 25.3. The Balaban J connectivity index is 1.11. The van der Waals surface area contributed by atoms with Gasteiger partial charge in [0.2, 0.25) is 0 Å². The van der Waals surface area contributed by atoms with E-state index in [0.29, 0.717) is 0 Å². The Labute approximate surface area is 298 Å². The number of hydrogen-bond donors (Lipinski definition) is 0. The van der Waals surface area contributed by atoms with E-state index in [1.165, 1.54) is 17.4 Å². The van der Waals surface area contributed by atoms with Crippen molar-refractivity contribution in [2.24, 2.45) is 0 Å². The molecule has 7 heteroatoms. The molecular formula is C44H34BN4O2. The fraction of sp³-hybridized carbons (Fsp3) is 0.0455. The highest BCUT2D eigenvalue weighted by Gasteiger charge is 2.41. The molecule has 2 heterocycles. The highest BCUT2D eigenvalue weighted by molar-refractivity contribution is 6.18.